The Bertz CT molecular complexity index is 425. The number of hydrogen-bond acceptors (Lipinski definition) is 4. The second-order valence-corrected chi connectivity index (χ2v) is 4.67. The van der Waals surface area contributed by atoms with Crippen molar-refractivity contribution in [1.29, 1.82) is 0 Å². The van der Waals surface area contributed by atoms with Crippen LogP contribution in [0.5, 0.6) is 0 Å². The van der Waals surface area contributed by atoms with E-state index in [0.717, 1.165) is 0 Å². The number of rotatable bonds is 3. The van der Waals surface area contributed by atoms with E-state index in [2.05, 4.69) is 10.3 Å². The lowest BCUT2D eigenvalue weighted by atomic mass is 10.2. The molecule has 1 heterocycles. The molecule has 0 aromatic carbocycles. The van der Waals surface area contributed by atoms with E-state index in [1.165, 1.54) is 12.3 Å². The maximum Gasteiger partial charge on any atom is 0.408 e. The zero-order chi connectivity index (χ0) is 13.8. The number of ether oxygens (including phenoxy) is 1. The highest BCUT2D eigenvalue weighted by atomic mass is 16.6. The van der Waals surface area contributed by atoms with Crippen molar-refractivity contribution in [2.45, 2.75) is 32.4 Å². The van der Waals surface area contributed by atoms with Crippen LogP contribution in [0.3, 0.4) is 0 Å². The smallest absolute Gasteiger partial charge is 0.408 e. The fraction of sp³-hybridized carbons (Fsp3) is 0.417. The second kappa shape index (κ2) is 5.48. The Kier molecular flexibility index (Phi) is 4.25. The van der Waals surface area contributed by atoms with Gasteiger partial charge in [-0.3, -0.25) is 4.98 Å². The standard InChI is InChI=1S/C12H16N2O4/c1-12(2,3)18-11(17)14-9(10(15)16)8-6-4-5-7-13-8/h4-7,9H,1-3H3,(H,14,17)(H,15,16)/t9-/m0/s1. The van der Waals surface area contributed by atoms with E-state index >= 15 is 0 Å². The molecule has 1 rings (SSSR count). The van der Waals surface area contributed by atoms with Crippen molar-refractivity contribution in [1.82, 2.24) is 10.3 Å². The van der Waals surface area contributed by atoms with Gasteiger partial charge in [-0.25, -0.2) is 9.59 Å². The number of carboxylic acids is 1. The molecule has 0 radical (unpaired) electrons. The van der Waals surface area contributed by atoms with Crippen molar-refractivity contribution < 1.29 is 19.4 Å². The van der Waals surface area contributed by atoms with E-state index in [9.17, 15) is 9.59 Å². The average molecular weight is 252 g/mol. The summed E-state index contributed by atoms with van der Waals surface area (Å²) < 4.78 is 5.00. The Balaban J connectivity index is 2.77. The third-order valence-electron chi connectivity index (χ3n) is 1.89. The largest absolute Gasteiger partial charge is 0.479 e. The lowest BCUT2D eigenvalue weighted by Crippen LogP contribution is -2.38. The molecule has 0 saturated heterocycles. The molecule has 1 atom stereocenters. The average Bonchev–Trinajstić information content (AvgIpc) is 2.24. The molecule has 0 saturated carbocycles. The van der Waals surface area contributed by atoms with Gasteiger partial charge in [0.25, 0.3) is 0 Å². The fourth-order valence-electron chi connectivity index (χ4n) is 1.23. The number of hydrogen-bond donors (Lipinski definition) is 2. The van der Waals surface area contributed by atoms with Crippen molar-refractivity contribution in [3.63, 3.8) is 0 Å². The van der Waals surface area contributed by atoms with E-state index in [0.29, 0.717) is 0 Å². The lowest BCUT2D eigenvalue weighted by molar-refractivity contribution is -0.139. The molecule has 1 aromatic heterocycles. The van der Waals surface area contributed by atoms with E-state index in [1.54, 1.807) is 32.9 Å². The Labute approximate surface area is 105 Å². The molecule has 0 spiro atoms. The van der Waals surface area contributed by atoms with E-state index < -0.39 is 23.7 Å². The SMILES string of the molecule is CC(C)(C)OC(=O)N[C@H](C(=O)O)c1ccccn1. The minimum atomic E-state index is -1.22. The van der Waals surface area contributed by atoms with Crippen molar-refractivity contribution in [3.8, 4) is 0 Å². The molecular formula is C12H16N2O4. The fourth-order valence-corrected chi connectivity index (χ4v) is 1.23. The molecule has 0 fully saturated rings. The number of carbonyl (C=O) groups excluding carboxylic acids is 1. The molecule has 1 aromatic rings. The van der Waals surface area contributed by atoms with Gasteiger partial charge >= 0.3 is 12.1 Å². The summed E-state index contributed by atoms with van der Waals surface area (Å²) >= 11 is 0. The van der Waals surface area contributed by atoms with Crippen molar-refractivity contribution in [2.24, 2.45) is 0 Å². The monoisotopic (exact) mass is 252 g/mol. The molecule has 0 aliphatic heterocycles. The summed E-state index contributed by atoms with van der Waals surface area (Å²) in [5.41, 5.74) is -0.437. The first kappa shape index (κ1) is 14.0. The minimum Gasteiger partial charge on any atom is -0.479 e. The van der Waals surface area contributed by atoms with Gasteiger partial charge < -0.3 is 15.2 Å². The molecule has 0 unspecified atom stereocenters. The highest BCUT2D eigenvalue weighted by molar-refractivity contribution is 5.80. The number of nitrogens with zero attached hydrogens (tertiary/aromatic N) is 1. The Morgan fingerprint density at radius 3 is 2.50 bits per heavy atom. The summed E-state index contributed by atoms with van der Waals surface area (Å²) in [5.74, 6) is -1.19. The molecule has 98 valence electrons. The number of aliphatic carboxylic acids is 1. The zero-order valence-corrected chi connectivity index (χ0v) is 10.5. The van der Waals surface area contributed by atoms with Gasteiger partial charge in [0.05, 0.1) is 5.69 Å². The van der Waals surface area contributed by atoms with Crippen LogP contribution in [0.25, 0.3) is 0 Å². The first-order valence-electron chi connectivity index (χ1n) is 5.43. The summed E-state index contributed by atoms with van der Waals surface area (Å²) in [4.78, 5) is 26.5. The molecule has 1 amide bonds. The molecule has 18 heavy (non-hydrogen) atoms. The predicted molar refractivity (Wildman–Crippen MR) is 64.0 cm³/mol. The number of pyridine rings is 1. The number of carboxylic acid groups (broad SMARTS) is 1. The van der Waals surface area contributed by atoms with E-state index in [-0.39, 0.29) is 5.69 Å². The molecule has 2 N–H and O–H groups in total. The number of alkyl carbamates (subject to hydrolysis) is 1. The quantitative estimate of drug-likeness (QED) is 0.855. The number of amides is 1. The summed E-state index contributed by atoms with van der Waals surface area (Å²) in [7, 11) is 0. The molecule has 6 heteroatoms. The predicted octanol–water partition coefficient (Wildman–Crippen LogP) is 1.73. The maximum atomic E-state index is 11.5. The maximum absolute atomic E-state index is 11.5. The summed E-state index contributed by atoms with van der Waals surface area (Å²) in [6.07, 6.45) is 0.669. The van der Waals surface area contributed by atoms with Crippen LogP contribution in [0.4, 0.5) is 4.79 Å². The molecule has 0 aliphatic carbocycles. The van der Waals surface area contributed by atoms with Gasteiger partial charge in [-0.15, -0.1) is 0 Å². The van der Waals surface area contributed by atoms with Gasteiger partial charge in [-0.1, -0.05) is 6.07 Å². The van der Waals surface area contributed by atoms with Gasteiger partial charge in [-0.05, 0) is 32.9 Å². The Morgan fingerprint density at radius 2 is 2.06 bits per heavy atom. The number of nitrogens with one attached hydrogen (secondary N) is 1. The lowest BCUT2D eigenvalue weighted by Gasteiger charge is -2.21. The highest BCUT2D eigenvalue weighted by Gasteiger charge is 2.26. The highest BCUT2D eigenvalue weighted by Crippen LogP contribution is 2.12. The van der Waals surface area contributed by atoms with Crippen LogP contribution < -0.4 is 5.32 Å². The Morgan fingerprint density at radius 1 is 1.39 bits per heavy atom. The van der Waals surface area contributed by atoms with Crippen molar-refractivity contribution in [3.05, 3.63) is 30.1 Å². The van der Waals surface area contributed by atoms with Crippen molar-refractivity contribution >= 4 is 12.1 Å². The second-order valence-electron chi connectivity index (χ2n) is 4.67. The summed E-state index contributed by atoms with van der Waals surface area (Å²) in [6, 6.07) is 3.61. The first-order chi connectivity index (χ1) is 8.29. The topological polar surface area (TPSA) is 88.5 Å². The van der Waals surface area contributed by atoms with E-state index in [4.69, 9.17) is 9.84 Å². The molecular weight excluding hydrogens is 236 g/mol. The molecule has 0 aliphatic rings. The van der Waals surface area contributed by atoms with Gasteiger partial charge in [0.2, 0.25) is 0 Å². The van der Waals surface area contributed by atoms with Crippen LogP contribution in [0.1, 0.15) is 32.5 Å². The normalized spacial score (nSPS) is 12.6. The van der Waals surface area contributed by atoms with Crippen LogP contribution >= 0.6 is 0 Å². The van der Waals surface area contributed by atoms with Crippen LogP contribution in [0.2, 0.25) is 0 Å². The van der Waals surface area contributed by atoms with Gasteiger partial charge in [0.15, 0.2) is 6.04 Å². The van der Waals surface area contributed by atoms with Gasteiger partial charge in [0, 0.05) is 6.20 Å². The van der Waals surface area contributed by atoms with Crippen molar-refractivity contribution in [2.75, 3.05) is 0 Å². The van der Waals surface area contributed by atoms with Crippen LogP contribution in [0.15, 0.2) is 24.4 Å². The van der Waals surface area contributed by atoms with Crippen LogP contribution in [-0.2, 0) is 9.53 Å². The minimum absolute atomic E-state index is 0.246. The Hall–Kier alpha value is -2.11. The van der Waals surface area contributed by atoms with Crippen LogP contribution in [-0.4, -0.2) is 27.8 Å². The molecule has 6 nitrogen and oxygen atoms in total. The third kappa shape index (κ3) is 4.40. The first-order valence-corrected chi connectivity index (χ1v) is 5.43. The molecule has 0 bridgehead atoms. The summed E-state index contributed by atoms with van der Waals surface area (Å²) in [5, 5.41) is 11.3. The number of carbonyl (C=O) groups is 2. The zero-order valence-electron chi connectivity index (χ0n) is 10.5. The van der Waals surface area contributed by atoms with Crippen LogP contribution in [0, 0.1) is 0 Å². The third-order valence-corrected chi connectivity index (χ3v) is 1.89. The van der Waals surface area contributed by atoms with Gasteiger partial charge in [0.1, 0.15) is 5.60 Å². The van der Waals surface area contributed by atoms with Gasteiger partial charge in [-0.2, -0.15) is 0 Å². The summed E-state index contributed by atoms with van der Waals surface area (Å²) in [6.45, 7) is 5.09. The van der Waals surface area contributed by atoms with E-state index in [1.807, 2.05) is 0 Å². The number of aromatic nitrogens is 1.